The van der Waals surface area contributed by atoms with Crippen LogP contribution in [-0.4, -0.2) is 40.2 Å². The zero-order valence-electron chi connectivity index (χ0n) is 17.9. The van der Waals surface area contributed by atoms with Crippen molar-refractivity contribution in [3.05, 3.63) is 66.1 Å². The van der Waals surface area contributed by atoms with E-state index in [1.165, 1.54) is 0 Å². The molecule has 7 atom stereocenters. The van der Waals surface area contributed by atoms with E-state index in [2.05, 4.69) is 5.32 Å². The molecule has 2 amide bonds. The van der Waals surface area contributed by atoms with Crippen LogP contribution in [0, 0.1) is 24.7 Å². The fraction of sp³-hybridized carbons (Fsp3) is 0.400. The lowest BCUT2D eigenvalue weighted by Gasteiger charge is -2.43. The number of carbonyl (C=O) groups is 3. The van der Waals surface area contributed by atoms with Crippen LogP contribution in [0.1, 0.15) is 30.7 Å². The Balaban J connectivity index is 1.38. The number of furan rings is 1. The van der Waals surface area contributed by atoms with Crippen molar-refractivity contribution in [2.24, 2.45) is 17.8 Å². The number of piperidine rings is 1. The summed E-state index contributed by atoms with van der Waals surface area (Å²) in [6, 6.07) is 10.2. The third-order valence-corrected chi connectivity index (χ3v) is 7.57. The smallest absolute Gasteiger partial charge is 0.231 e. The molecule has 3 saturated heterocycles. The summed E-state index contributed by atoms with van der Waals surface area (Å²) in [5, 5.41) is 2.96. The first-order valence-electron chi connectivity index (χ1n) is 11.0. The predicted octanol–water partition coefficient (Wildman–Crippen LogP) is 3.03. The molecule has 32 heavy (non-hydrogen) atoms. The zero-order chi connectivity index (χ0) is 22.2. The Morgan fingerprint density at radius 1 is 1.19 bits per heavy atom. The van der Waals surface area contributed by atoms with Gasteiger partial charge in [0.15, 0.2) is 0 Å². The van der Waals surface area contributed by atoms with Crippen LogP contribution in [0.2, 0.25) is 0 Å². The van der Waals surface area contributed by atoms with Crippen molar-refractivity contribution < 1.29 is 23.5 Å². The van der Waals surface area contributed by atoms with E-state index in [1.807, 2.05) is 50.3 Å². The Bertz CT molecular complexity index is 1140. The number of rotatable bonds is 3. The first-order valence-corrected chi connectivity index (χ1v) is 11.0. The van der Waals surface area contributed by atoms with Gasteiger partial charge in [-0.1, -0.05) is 36.8 Å². The van der Waals surface area contributed by atoms with Gasteiger partial charge in [0.25, 0.3) is 0 Å². The third kappa shape index (κ3) is 2.48. The summed E-state index contributed by atoms with van der Waals surface area (Å²) >= 11 is 0. The number of anilines is 1. The summed E-state index contributed by atoms with van der Waals surface area (Å²) in [5.74, 6) is -1.44. The van der Waals surface area contributed by atoms with E-state index in [1.54, 1.807) is 23.3 Å². The predicted molar refractivity (Wildman–Crippen MR) is 114 cm³/mol. The lowest BCUT2D eigenvalue weighted by Crippen LogP contribution is -2.55. The number of hydrogen-bond acceptors (Lipinski definition) is 5. The number of nitrogens with zero attached hydrogens (tertiary/aromatic N) is 1. The van der Waals surface area contributed by atoms with Crippen LogP contribution in [0.4, 0.5) is 5.69 Å². The monoisotopic (exact) mass is 432 g/mol. The van der Waals surface area contributed by atoms with Gasteiger partial charge in [0.2, 0.25) is 11.8 Å². The van der Waals surface area contributed by atoms with Crippen molar-refractivity contribution in [2.45, 2.75) is 44.1 Å². The first-order chi connectivity index (χ1) is 15.4. The number of ether oxygens (including phenoxy) is 1. The number of fused-ring (bicyclic) bond motifs is 2. The second-order valence-electron chi connectivity index (χ2n) is 9.33. The second-order valence-corrected chi connectivity index (χ2v) is 9.33. The van der Waals surface area contributed by atoms with Gasteiger partial charge < -0.3 is 19.4 Å². The van der Waals surface area contributed by atoms with Crippen LogP contribution in [0.3, 0.4) is 0 Å². The van der Waals surface area contributed by atoms with Crippen molar-refractivity contribution in [2.75, 3.05) is 5.32 Å². The SMILES string of the molecule is Cc1ccc(NC(=O)[C@@H]2[C@@H]3C=C[C@]4(O3)[C@@H]2C(=O)N2[C@@H](c3ccco3)CC(=O)[C@@H](C)[C@@H]24)cc1. The molecule has 1 N–H and O–H groups in total. The molecule has 0 saturated carbocycles. The van der Waals surface area contributed by atoms with E-state index in [-0.39, 0.29) is 24.0 Å². The van der Waals surface area contributed by atoms with Gasteiger partial charge in [-0.3, -0.25) is 14.4 Å². The van der Waals surface area contributed by atoms with Gasteiger partial charge in [0, 0.05) is 18.0 Å². The molecule has 3 fully saturated rings. The second kappa shape index (κ2) is 6.65. The van der Waals surface area contributed by atoms with Crippen LogP contribution in [-0.2, 0) is 19.1 Å². The van der Waals surface area contributed by atoms with Crippen molar-refractivity contribution in [1.82, 2.24) is 4.90 Å². The molecule has 1 aromatic carbocycles. The molecule has 0 aliphatic carbocycles. The van der Waals surface area contributed by atoms with Gasteiger partial charge in [0.1, 0.15) is 17.1 Å². The van der Waals surface area contributed by atoms with Crippen molar-refractivity contribution in [1.29, 1.82) is 0 Å². The van der Waals surface area contributed by atoms with Gasteiger partial charge in [-0.25, -0.2) is 0 Å². The summed E-state index contributed by atoms with van der Waals surface area (Å²) in [6.07, 6.45) is 5.05. The van der Waals surface area contributed by atoms with Crippen LogP contribution < -0.4 is 5.32 Å². The van der Waals surface area contributed by atoms with Crippen LogP contribution in [0.15, 0.2) is 59.2 Å². The quantitative estimate of drug-likeness (QED) is 0.754. The van der Waals surface area contributed by atoms with E-state index in [9.17, 15) is 14.4 Å². The minimum absolute atomic E-state index is 0.0727. The van der Waals surface area contributed by atoms with Crippen molar-refractivity contribution in [3.8, 4) is 0 Å². The molecule has 5 heterocycles. The number of aryl methyl sites for hydroxylation is 1. The molecule has 6 rings (SSSR count). The fourth-order valence-electron chi connectivity index (χ4n) is 6.13. The van der Waals surface area contributed by atoms with E-state index in [0.717, 1.165) is 5.56 Å². The maximum absolute atomic E-state index is 13.9. The number of amides is 2. The Labute approximate surface area is 185 Å². The standard InChI is InChI=1S/C25H24N2O5/c1-13-5-7-15(8-6-13)26-23(29)20-19-9-10-25(32-19)21(20)24(30)27-16(18-4-3-11-31-18)12-17(28)14(2)22(25)27/h3-11,14,16,19-22H,12H2,1-2H3,(H,26,29)/t14-,16-,19+,20-,21+,22-,25+/m1/s1. The highest BCUT2D eigenvalue weighted by Gasteiger charge is 2.74. The van der Waals surface area contributed by atoms with Gasteiger partial charge in [-0.15, -0.1) is 0 Å². The summed E-state index contributed by atoms with van der Waals surface area (Å²) in [7, 11) is 0. The fourth-order valence-corrected chi connectivity index (χ4v) is 6.13. The number of carbonyl (C=O) groups excluding carboxylic acids is 3. The third-order valence-electron chi connectivity index (χ3n) is 7.57. The molecule has 1 spiro atoms. The Kier molecular flexibility index (Phi) is 4.05. The van der Waals surface area contributed by atoms with Gasteiger partial charge in [-0.2, -0.15) is 0 Å². The summed E-state index contributed by atoms with van der Waals surface area (Å²) < 4.78 is 12.0. The lowest BCUT2D eigenvalue weighted by atomic mass is 9.70. The maximum Gasteiger partial charge on any atom is 0.231 e. The van der Waals surface area contributed by atoms with E-state index in [4.69, 9.17) is 9.15 Å². The molecule has 2 aromatic rings. The lowest BCUT2D eigenvalue weighted by molar-refractivity contribution is -0.147. The first kappa shape index (κ1) is 19.5. The molecule has 2 bridgehead atoms. The van der Waals surface area contributed by atoms with E-state index < -0.39 is 41.5 Å². The van der Waals surface area contributed by atoms with Crippen LogP contribution >= 0.6 is 0 Å². The average Bonchev–Trinajstić information content (AvgIpc) is 3.54. The Morgan fingerprint density at radius 2 is 1.97 bits per heavy atom. The van der Waals surface area contributed by atoms with Crippen LogP contribution in [0.5, 0.6) is 0 Å². The normalized spacial score (nSPS) is 37.0. The molecule has 4 aliphatic rings. The van der Waals surface area contributed by atoms with Crippen LogP contribution in [0.25, 0.3) is 0 Å². The minimum atomic E-state index is -0.975. The largest absolute Gasteiger partial charge is 0.467 e. The highest BCUT2D eigenvalue weighted by atomic mass is 16.5. The summed E-state index contributed by atoms with van der Waals surface area (Å²) in [4.78, 5) is 41.9. The van der Waals surface area contributed by atoms with Crippen molar-refractivity contribution >= 4 is 23.3 Å². The molecule has 1 aromatic heterocycles. The Morgan fingerprint density at radius 3 is 2.69 bits per heavy atom. The highest BCUT2D eigenvalue weighted by molar-refractivity contribution is 6.00. The highest BCUT2D eigenvalue weighted by Crippen LogP contribution is 2.59. The van der Waals surface area contributed by atoms with Gasteiger partial charge >= 0.3 is 0 Å². The molecular formula is C25H24N2O5. The number of hydrogen-bond donors (Lipinski definition) is 1. The Hall–Kier alpha value is -3.19. The number of ketones is 1. The molecule has 4 aliphatic heterocycles. The summed E-state index contributed by atoms with van der Waals surface area (Å²) in [5.41, 5.74) is 0.803. The van der Waals surface area contributed by atoms with Gasteiger partial charge in [-0.05, 0) is 31.2 Å². The van der Waals surface area contributed by atoms with E-state index in [0.29, 0.717) is 11.4 Å². The molecule has 7 heteroatoms. The number of benzene rings is 1. The topological polar surface area (TPSA) is 88.8 Å². The average molecular weight is 432 g/mol. The molecular weight excluding hydrogens is 408 g/mol. The number of nitrogens with one attached hydrogen (secondary N) is 1. The molecule has 0 unspecified atom stereocenters. The maximum atomic E-state index is 13.9. The number of Topliss-reactive ketones (excluding diaryl/α,β-unsaturated/α-hetero) is 1. The molecule has 7 nitrogen and oxygen atoms in total. The zero-order valence-corrected chi connectivity index (χ0v) is 17.9. The summed E-state index contributed by atoms with van der Waals surface area (Å²) in [6.45, 7) is 3.84. The van der Waals surface area contributed by atoms with Crippen molar-refractivity contribution in [3.63, 3.8) is 0 Å². The minimum Gasteiger partial charge on any atom is -0.467 e. The van der Waals surface area contributed by atoms with Gasteiger partial charge in [0.05, 0.1) is 36.3 Å². The molecule has 0 radical (unpaired) electrons. The molecule has 164 valence electrons. The van der Waals surface area contributed by atoms with E-state index >= 15 is 0 Å².